The number of benzene rings is 2. The minimum atomic E-state index is -0.724. The van der Waals surface area contributed by atoms with E-state index >= 15 is 0 Å². The monoisotopic (exact) mass is 394 g/mol. The maximum atomic E-state index is 14.6. The number of nitrogens with zero attached hydrogens (tertiary/aromatic N) is 2. The third-order valence-corrected chi connectivity index (χ3v) is 4.65. The molecule has 150 valence electrons. The van der Waals surface area contributed by atoms with Gasteiger partial charge in [-0.05, 0) is 50.1 Å². The summed E-state index contributed by atoms with van der Waals surface area (Å²) < 4.78 is 21.1. The van der Waals surface area contributed by atoms with Crippen molar-refractivity contribution in [2.24, 2.45) is 0 Å². The Bertz CT molecular complexity index is 1170. The number of rotatable bonds is 5. The van der Waals surface area contributed by atoms with Gasteiger partial charge in [-0.3, -0.25) is 9.36 Å². The zero-order valence-electron chi connectivity index (χ0n) is 17.0. The van der Waals surface area contributed by atoms with Crippen molar-refractivity contribution in [3.63, 3.8) is 0 Å². The Kier molecular flexibility index (Phi) is 5.64. The second kappa shape index (κ2) is 7.99. The van der Waals surface area contributed by atoms with Gasteiger partial charge < -0.3 is 4.74 Å². The first-order valence-electron chi connectivity index (χ1n) is 9.47. The average Bonchev–Trinajstić information content (AvgIpc) is 2.66. The van der Waals surface area contributed by atoms with E-state index in [4.69, 9.17) is 4.74 Å². The maximum absolute atomic E-state index is 14.6. The Morgan fingerprint density at radius 1 is 1.14 bits per heavy atom. The van der Waals surface area contributed by atoms with Crippen LogP contribution >= 0.6 is 0 Å². The van der Waals surface area contributed by atoms with Crippen molar-refractivity contribution in [3.8, 4) is 5.69 Å². The molecule has 0 fully saturated rings. The number of ether oxygens (including phenoxy) is 1. The van der Waals surface area contributed by atoms with Crippen LogP contribution in [0, 0.1) is 19.7 Å². The van der Waals surface area contributed by atoms with Crippen molar-refractivity contribution in [2.75, 3.05) is 6.61 Å². The molecule has 1 heterocycles. The van der Waals surface area contributed by atoms with E-state index in [0.717, 1.165) is 11.1 Å². The van der Waals surface area contributed by atoms with Crippen molar-refractivity contribution in [2.45, 2.75) is 34.1 Å². The number of carbonyl (C=O) groups is 1. The first kappa shape index (κ1) is 20.5. The third kappa shape index (κ3) is 3.83. The molecule has 3 rings (SSSR count). The molecule has 0 radical (unpaired) electrons. The molecule has 0 aliphatic rings. The van der Waals surface area contributed by atoms with Gasteiger partial charge in [0.15, 0.2) is 0 Å². The fraction of sp³-hybridized carbons (Fsp3) is 0.261. The number of fused-ring (bicyclic) bond motifs is 1. The molecule has 0 N–H and O–H groups in total. The third-order valence-electron chi connectivity index (χ3n) is 4.65. The minimum absolute atomic E-state index is 0.0638. The number of aromatic nitrogens is 2. The number of esters is 1. The lowest BCUT2D eigenvalue weighted by Gasteiger charge is -2.15. The number of halogens is 1. The Balaban J connectivity index is 2.30. The largest absolute Gasteiger partial charge is 0.462 e. The summed E-state index contributed by atoms with van der Waals surface area (Å²) in [5.74, 6) is -0.865. The predicted molar refractivity (Wildman–Crippen MR) is 112 cm³/mol. The van der Waals surface area contributed by atoms with Crippen molar-refractivity contribution in [1.29, 1.82) is 0 Å². The SMILES string of the molecule is C=C(C(=O)OCC)c1cc2c(=O)n(-c3cc(C)cc(C)c3)c(CC)nc2cc1F. The van der Waals surface area contributed by atoms with Crippen LogP contribution in [0.25, 0.3) is 22.2 Å². The van der Waals surface area contributed by atoms with Gasteiger partial charge in [0.1, 0.15) is 11.6 Å². The Labute approximate surface area is 168 Å². The Morgan fingerprint density at radius 2 is 1.79 bits per heavy atom. The van der Waals surface area contributed by atoms with Gasteiger partial charge in [0, 0.05) is 18.1 Å². The zero-order valence-corrected chi connectivity index (χ0v) is 17.0. The summed E-state index contributed by atoms with van der Waals surface area (Å²) in [4.78, 5) is 29.9. The number of hydrogen-bond donors (Lipinski definition) is 0. The number of hydrogen-bond acceptors (Lipinski definition) is 4. The lowest BCUT2D eigenvalue weighted by atomic mass is 10.0. The van der Waals surface area contributed by atoms with Crippen LogP contribution in [-0.4, -0.2) is 22.1 Å². The molecule has 0 unspecified atom stereocenters. The molecular formula is C23H23FN2O3. The Hall–Kier alpha value is -3.28. The summed E-state index contributed by atoms with van der Waals surface area (Å²) in [7, 11) is 0. The molecule has 5 nitrogen and oxygen atoms in total. The van der Waals surface area contributed by atoms with Gasteiger partial charge in [0.2, 0.25) is 0 Å². The van der Waals surface area contributed by atoms with Crippen molar-refractivity contribution in [1.82, 2.24) is 9.55 Å². The molecule has 6 heteroatoms. The molecule has 0 aliphatic heterocycles. The van der Waals surface area contributed by atoms with Gasteiger partial charge in [-0.1, -0.05) is 19.6 Å². The fourth-order valence-corrected chi connectivity index (χ4v) is 3.40. The van der Waals surface area contributed by atoms with Crippen LogP contribution in [0.4, 0.5) is 4.39 Å². The van der Waals surface area contributed by atoms with Crippen molar-refractivity contribution in [3.05, 3.63) is 75.6 Å². The van der Waals surface area contributed by atoms with E-state index in [-0.39, 0.29) is 34.2 Å². The second-order valence-electron chi connectivity index (χ2n) is 6.92. The van der Waals surface area contributed by atoms with Crippen LogP contribution in [-0.2, 0) is 16.0 Å². The second-order valence-corrected chi connectivity index (χ2v) is 6.92. The molecule has 0 saturated carbocycles. The van der Waals surface area contributed by atoms with Crippen LogP contribution in [0.3, 0.4) is 0 Å². The lowest BCUT2D eigenvalue weighted by molar-refractivity contribution is -0.136. The molecule has 0 aliphatic carbocycles. The van der Waals surface area contributed by atoms with E-state index in [2.05, 4.69) is 11.6 Å². The smallest absolute Gasteiger partial charge is 0.338 e. The summed E-state index contributed by atoms with van der Waals surface area (Å²) in [5, 5.41) is 0.211. The lowest BCUT2D eigenvalue weighted by Crippen LogP contribution is -2.24. The van der Waals surface area contributed by atoms with E-state index in [1.807, 2.05) is 39.0 Å². The number of aryl methyl sites for hydroxylation is 3. The summed E-state index contributed by atoms with van der Waals surface area (Å²) in [5.41, 5.74) is 2.46. The van der Waals surface area contributed by atoms with Gasteiger partial charge in [-0.15, -0.1) is 0 Å². The van der Waals surface area contributed by atoms with Gasteiger partial charge >= 0.3 is 5.97 Å². The van der Waals surface area contributed by atoms with Crippen molar-refractivity contribution >= 4 is 22.4 Å². The van der Waals surface area contributed by atoms with Gasteiger partial charge in [-0.2, -0.15) is 0 Å². The maximum Gasteiger partial charge on any atom is 0.338 e. The zero-order chi connectivity index (χ0) is 21.3. The highest BCUT2D eigenvalue weighted by Crippen LogP contribution is 2.24. The quantitative estimate of drug-likeness (QED) is 0.479. The van der Waals surface area contributed by atoms with Gasteiger partial charge in [0.05, 0.1) is 28.8 Å². The van der Waals surface area contributed by atoms with Crippen LogP contribution < -0.4 is 5.56 Å². The van der Waals surface area contributed by atoms with Crippen molar-refractivity contribution < 1.29 is 13.9 Å². The molecule has 0 saturated heterocycles. The molecule has 1 aromatic heterocycles. The normalized spacial score (nSPS) is 10.9. The topological polar surface area (TPSA) is 61.2 Å². The molecule has 0 atom stereocenters. The summed E-state index contributed by atoms with van der Waals surface area (Å²) in [6, 6.07) is 8.33. The summed E-state index contributed by atoms with van der Waals surface area (Å²) in [6.45, 7) is 11.2. The molecule has 0 bridgehead atoms. The minimum Gasteiger partial charge on any atom is -0.462 e. The highest BCUT2D eigenvalue weighted by Gasteiger charge is 2.19. The molecule has 0 spiro atoms. The highest BCUT2D eigenvalue weighted by atomic mass is 19.1. The van der Waals surface area contributed by atoms with Crippen LogP contribution in [0.5, 0.6) is 0 Å². The highest BCUT2D eigenvalue weighted by molar-refractivity contribution is 6.16. The fourth-order valence-electron chi connectivity index (χ4n) is 3.40. The van der Waals surface area contributed by atoms with Gasteiger partial charge in [-0.25, -0.2) is 14.2 Å². The van der Waals surface area contributed by atoms with Crippen LogP contribution in [0.1, 0.15) is 36.4 Å². The summed E-state index contributed by atoms with van der Waals surface area (Å²) >= 11 is 0. The number of carbonyl (C=O) groups excluding carboxylic acids is 1. The molecule has 0 amide bonds. The Morgan fingerprint density at radius 3 is 2.38 bits per heavy atom. The molecular weight excluding hydrogens is 371 g/mol. The van der Waals surface area contributed by atoms with Crippen LogP contribution in [0.2, 0.25) is 0 Å². The average molecular weight is 394 g/mol. The molecule has 3 aromatic rings. The van der Waals surface area contributed by atoms with E-state index < -0.39 is 11.8 Å². The van der Waals surface area contributed by atoms with E-state index in [0.29, 0.717) is 17.9 Å². The first-order valence-corrected chi connectivity index (χ1v) is 9.47. The van der Waals surface area contributed by atoms with Crippen LogP contribution in [0.15, 0.2) is 41.7 Å². The van der Waals surface area contributed by atoms with E-state index in [1.54, 1.807) is 6.92 Å². The molecule has 29 heavy (non-hydrogen) atoms. The first-order chi connectivity index (χ1) is 13.8. The summed E-state index contributed by atoms with van der Waals surface area (Å²) in [6.07, 6.45) is 0.497. The van der Waals surface area contributed by atoms with E-state index in [9.17, 15) is 14.0 Å². The standard InChI is InChI=1S/C23H23FN2O3/c1-6-21-25-20-12-19(24)17(15(5)23(28)29-7-2)11-18(20)22(27)26(21)16-9-13(3)8-14(4)10-16/h8-12H,5-7H2,1-4H3. The predicted octanol–water partition coefficient (Wildman–Crippen LogP) is 4.28. The van der Waals surface area contributed by atoms with E-state index in [1.165, 1.54) is 16.7 Å². The van der Waals surface area contributed by atoms with Gasteiger partial charge in [0.25, 0.3) is 5.56 Å². The molecule has 2 aromatic carbocycles.